The van der Waals surface area contributed by atoms with Crippen LogP contribution in [0, 0.1) is 5.82 Å². The maximum absolute atomic E-state index is 12.8. The molecule has 1 saturated heterocycles. The monoisotopic (exact) mass is 348 g/mol. The topological polar surface area (TPSA) is 52.6 Å². The van der Waals surface area contributed by atoms with E-state index in [0.717, 1.165) is 5.56 Å². The molecular weight excluding hydrogens is 328 g/mol. The molecule has 8 heteroatoms. The lowest BCUT2D eigenvalue weighted by Gasteiger charge is -2.40. The van der Waals surface area contributed by atoms with Gasteiger partial charge in [-0.2, -0.15) is 13.2 Å². The molecule has 1 aliphatic heterocycles. The first-order valence-corrected chi connectivity index (χ1v) is 7.68. The molecule has 1 aromatic carbocycles. The van der Waals surface area contributed by atoms with Crippen molar-refractivity contribution in [3.8, 4) is 0 Å². The van der Waals surface area contributed by atoms with Crippen LogP contribution in [-0.4, -0.2) is 46.8 Å². The summed E-state index contributed by atoms with van der Waals surface area (Å²) in [6.45, 7) is 1.80. The van der Waals surface area contributed by atoms with Gasteiger partial charge in [0.1, 0.15) is 5.82 Å². The van der Waals surface area contributed by atoms with Gasteiger partial charge in [0.25, 0.3) is 0 Å². The lowest BCUT2D eigenvalue weighted by atomic mass is 9.90. The van der Waals surface area contributed by atoms with Gasteiger partial charge >= 0.3 is 6.18 Å². The first-order valence-electron chi connectivity index (χ1n) is 7.68. The third kappa shape index (κ3) is 4.24. The Kier molecular flexibility index (Phi) is 5.49. The molecule has 1 atom stereocenters. The van der Waals surface area contributed by atoms with Crippen LogP contribution in [-0.2, 0) is 11.3 Å². The van der Waals surface area contributed by atoms with E-state index >= 15 is 0 Å². The number of benzene rings is 1. The van der Waals surface area contributed by atoms with Crippen LogP contribution in [0.15, 0.2) is 24.3 Å². The van der Waals surface area contributed by atoms with Crippen LogP contribution < -0.4 is 5.32 Å². The number of piperidine rings is 1. The fraction of sp³-hybridized carbons (Fsp3) is 0.562. The zero-order valence-electron chi connectivity index (χ0n) is 13.2. The van der Waals surface area contributed by atoms with E-state index in [2.05, 4.69) is 5.32 Å². The molecule has 1 amide bonds. The number of nitrogens with zero attached hydrogens (tertiary/aromatic N) is 1. The van der Waals surface area contributed by atoms with Crippen molar-refractivity contribution in [3.63, 3.8) is 0 Å². The van der Waals surface area contributed by atoms with Crippen molar-refractivity contribution in [1.82, 2.24) is 10.2 Å². The third-order valence-electron chi connectivity index (χ3n) is 4.46. The van der Waals surface area contributed by atoms with Crippen LogP contribution >= 0.6 is 0 Å². The lowest BCUT2D eigenvalue weighted by molar-refractivity contribution is -0.273. The molecule has 1 aromatic rings. The average Bonchev–Trinajstić information content (AvgIpc) is 2.53. The van der Waals surface area contributed by atoms with E-state index in [1.165, 1.54) is 12.1 Å². The van der Waals surface area contributed by atoms with Gasteiger partial charge in [0, 0.05) is 19.6 Å². The molecule has 0 saturated carbocycles. The predicted octanol–water partition coefficient (Wildman–Crippen LogP) is 2.22. The lowest BCUT2D eigenvalue weighted by Crippen LogP contribution is -2.56. The number of carbonyl (C=O) groups excluding carboxylic acids is 1. The summed E-state index contributed by atoms with van der Waals surface area (Å²) in [5, 5.41) is 12.3. The van der Waals surface area contributed by atoms with E-state index in [4.69, 9.17) is 0 Å². The second kappa shape index (κ2) is 7.06. The number of aliphatic hydroxyl groups is 1. The Morgan fingerprint density at radius 1 is 1.29 bits per heavy atom. The van der Waals surface area contributed by atoms with E-state index in [0.29, 0.717) is 0 Å². The van der Waals surface area contributed by atoms with Gasteiger partial charge < -0.3 is 10.4 Å². The van der Waals surface area contributed by atoms with Gasteiger partial charge in [0.05, 0.1) is 6.04 Å². The van der Waals surface area contributed by atoms with Crippen LogP contribution in [0.5, 0.6) is 0 Å². The number of hydrogen-bond acceptors (Lipinski definition) is 3. The Labute approximate surface area is 137 Å². The van der Waals surface area contributed by atoms with Crippen LogP contribution in [0.1, 0.15) is 25.3 Å². The third-order valence-corrected chi connectivity index (χ3v) is 4.46. The maximum Gasteiger partial charge on any atom is 0.417 e. The van der Waals surface area contributed by atoms with Gasteiger partial charge in [-0.05, 0) is 37.5 Å². The van der Waals surface area contributed by atoms with Crippen molar-refractivity contribution in [2.45, 2.75) is 44.1 Å². The van der Waals surface area contributed by atoms with Crippen LogP contribution in [0.25, 0.3) is 0 Å². The van der Waals surface area contributed by atoms with E-state index in [-0.39, 0.29) is 31.4 Å². The van der Waals surface area contributed by atoms with Gasteiger partial charge in [0.2, 0.25) is 5.91 Å². The minimum absolute atomic E-state index is 0.0128. The minimum Gasteiger partial charge on any atom is -0.380 e. The predicted molar refractivity (Wildman–Crippen MR) is 79.5 cm³/mol. The molecule has 2 N–H and O–H groups in total. The zero-order valence-corrected chi connectivity index (χ0v) is 13.2. The van der Waals surface area contributed by atoms with Gasteiger partial charge in [0.15, 0.2) is 5.60 Å². The zero-order chi connectivity index (χ0) is 18.0. The molecule has 1 fully saturated rings. The van der Waals surface area contributed by atoms with Crippen LogP contribution in [0.4, 0.5) is 17.6 Å². The average molecular weight is 348 g/mol. The second-order valence-electron chi connectivity index (χ2n) is 6.09. The standard InChI is InChI=1S/C16H20F4N2O2/c1-11(14(23)21-10-12-2-4-13(17)5-3-12)22-8-6-15(24,7-9-22)16(18,19)20/h2-5,11,24H,6-10H2,1H3,(H,21,23). The van der Waals surface area contributed by atoms with Crippen molar-refractivity contribution in [2.75, 3.05) is 13.1 Å². The normalized spacial score (nSPS) is 19.8. The van der Waals surface area contributed by atoms with Crippen molar-refractivity contribution >= 4 is 5.91 Å². The summed E-state index contributed by atoms with van der Waals surface area (Å²) in [6.07, 6.45) is -5.56. The molecule has 134 valence electrons. The van der Waals surface area contributed by atoms with Crippen molar-refractivity contribution in [3.05, 3.63) is 35.6 Å². The summed E-state index contributed by atoms with van der Waals surface area (Å²) < 4.78 is 51.1. The van der Waals surface area contributed by atoms with Crippen LogP contribution in [0.2, 0.25) is 0 Å². The van der Waals surface area contributed by atoms with E-state index in [1.54, 1.807) is 24.0 Å². The quantitative estimate of drug-likeness (QED) is 0.821. The first-order chi connectivity index (χ1) is 11.1. The van der Waals surface area contributed by atoms with E-state index in [1.807, 2.05) is 0 Å². The van der Waals surface area contributed by atoms with Crippen molar-refractivity contribution < 1.29 is 27.5 Å². The Balaban J connectivity index is 1.85. The van der Waals surface area contributed by atoms with E-state index < -0.39 is 30.7 Å². The highest BCUT2D eigenvalue weighted by molar-refractivity contribution is 5.81. The van der Waals surface area contributed by atoms with Gasteiger partial charge in [-0.3, -0.25) is 9.69 Å². The number of rotatable bonds is 4. The molecule has 0 aliphatic carbocycles. The summed E-state index contributed by atoms with van der Waals surface area (Å²) in [4.78, 5) is 13.7. The number of carbonyl (C=O) groups is 1. The molecule has 1 heterocycles. The summed E-state index contributed by atoms with van der Waals surface area (Å²) in [5.74, 6) is -0.694. The summed E-state index contributed by atoms with van der Waals surface area (Å²) in [7, 11) is 0. The Morgan fingerprint density at radius 3 is 2.33 bits per heavy atom. The molecule has 0 bridgehead atoms. The molecule has 0 radical (unpaired) electrons. The minimum atomic E-state index is -4.66. The largest absolute Gasteiger partial charge is 0.417 e. The fourth-order valence-corrected chi connectivity index (χ4v) is 2.67. The van der Waals surface area contributed by atoms with E-state index in [9.17, 15) is 27.5 Å². The Morgan fingerprint density at radius 2 is 1.83 bits per heavy atom. The molecule has 0 aromatic heterocycles. The number of nitrogens with one attached hydrogen (secondary N) is 1. The Hall–Kier alpha value is -1.67. The van der Waals surface area contributed by atoms with Crippen molar-refractivity contribution in [2.24, 2.45) is 0 Å². The molecule has 1 aliphatic rings. The SMILES string of the molecule is CC(C(=O)NCc1ccc(F)cc1)N1CCC(O)(C(F)(F)F)CC1. The fourth-order valence-electron chi connectivity index (χ4n) is 2.67. The molecule has 4 nitrogen and oxygen atoms in total. The molecule has 24 heavy (non-hydrogen) atoms. The number of hydrogen-bond donors (Lipinski definition) is 2. The first kappa shape index (κ1) is 18.7. The summed E-state index contributed by atoms with van der Waals surface area (Å²) in [5.41, 5.74) is -1.95. The molecule has 2 rings (SSSR count). The molecule has 0 spiro atoms. The molecular formula is C16H20F4N2O2. The second-order valence-corrected chi connectivity index (χ2v) is 6.09. The number of halogens is 4. The van der Waals surface area contributed by atoms with Crippen LogP contribution in [0.3, 0.4) is 0 Å². The highest BCUT2D eigenvalue weighted by atomic mass is 19.4. The smallest absolute Gasteiger partial charge is 0.380 e. The van der Waals surface area contributed by atoms with Gasteiger partial charge in [-0.25, -0.2) is 4.39 Å². The number of likely N-dealkylation sites (tertiary alicyclic amines) is 1. The molecule has 1 unspecified atom stereocenters. The summed E-state index contributed by atoms with van der Waals surface area (Å²) in [6, 6.07) is 5.05. The highest BCUT2D eigenvalue weighted by Gasteiger charge is 2.54. The van der Waals surface area contributed by atoms with Gasteiger partial charge in [-0.1, -0.05) is 12.1 Å². The summed E-state index contributed by atoms with van der Waals surface area (Å²) >= 11 is 0. The maximum atomic E-state index is 12.8. The van der Waals surface area contributed by atoms with Gasteiger partial charge in [-0.15, -0.1) is 0 Å². The number of alkyl halides is 3. The highest BCUT2D eigenvalue weighted by Crippen LogP contribution is 2.38. The number of amides is 1. The van der Waals surface area contributed by atoms with Crippen molar-refractivity contribution in [1.29, 1.82) is 0 Å². The Bertz CT molecular complexity index is 566.